The quantitative estimate of drug-likeness (QED) is 0.352. The zero-order valence-electron chi connectivity index (χ0n) is 13.6. The fourth-order valence-electron chi connectivity index (χ4n) is 2.77. The lowest BCUT2D eigenvalue weighted by Gasteiger charge is -2.30. The van der Waals surface area contributed by atoms with E-state index < -0.39 is 10.7 Å². The van der Waals surface area contributed by atoms with Gasteiger partial charge in [-0.15, -0.1) is 11.8 Å². The molecule has 25 heavy (non-hydrogen) atoms. The lowest BCUT2D eigenvalue weighted by Crippen LogP contribution is -2.30. The van der Waals surface area contributed by atoms with Crippen molar-refractivity contribution in [2.75, 3.05) is 12.3 Å². The number of rotatable bonds is 5. The summed E-state index contributed by atoms with van der Waals surface area (Å²) in [6.07, 6.45) is 0.936. The fraction of sp³-hybridized carbons (Fsp3) is 0.211. The van der Waals surface area contributed by atoms with Crippen LogP contribution in [0.5, 0.6) is 0 Å². The van der Waals surface area contributed by atoms with Crippen molar-refractivity contribution in [1.29, 1.82) is 0 Å². The Kier molecular flexibility index (Phi) is 5.50. The topological polar surface area (TPSA) is 63.5 Å². The van der Waals surface area contributed by atoms with Crippen molar-refractivity contribution in [3.8, 4) is 0 Å². The van der Waals surface area contributed by atoms with Crippen LogP contribution in [0.4, 0.5) is 0 Å². The number of Topliss-reactive ketones (excluding diaryl/α,β-unsaturated/α-hetero) is 1. The lowest BCUT2D eigenvalue weighted by molar-refractivity contribution is -0.418. The minimum atomic E-state index is -0.541. The van der Waals surface area contributed by atoms with Gasteiger partial charge in [-0.25, -0.2) is 0 Å². The zero-order valence-corrected chi connectivity index (χ0v) is 14.4. The van der Waals surface area contributed by atoms with Crippen molar-refractivity contribution < 1.29 is 9.72 Å². The molecule has 3 rings (SSSR count). The molecule has 0 aliphatic carbocycles. The SMILES string of the molecule is O=C(/C(=C1\SCCCN1Cc1ccccc1)[N+](=O)[O-])c1ccccc1. The van der Waals surface area contributed by atoms with Gasteiger partial charge in [0.2, 0.25) is 0 Å². The van der Waals surface area contributed by atoms with E-state index in [1.54, 1.807) is 30.3 Å². The van der Waals surface area contributed by atoms with E-state index in [1.165, 1.54) is 11.8 Å². The van der Waals surface area contributed by atoms with Crippen LogP contribution >= 0.6 is 11.8 Å². The Morgan fingerprint density at radius 3 is 2.36 bits per heavy atom. The Balaban J connectivity index is 1.98. The number of nitrogens with zero attached hydrogens (tertiary/aromatic N) is 2. The first-order valence-electron chi connectivity index (χ1n) is 8.07. The van der Waals surface area contributed by atoms with Gasteiger partial charge in [0, 0.05) is 24.4 Å². The van der Waals surface area contributed by atoms with E-state index in [9.17, 15) is 14.9 Å². The first kappa shape index (κ1) is 17.2. The second-order valence-electron chi connectivity index (χ2n) is 5.72. The molecular weight excluding hydrogens is 336 g/mol. The molecule has 0 radical (unpaired) electrons. The molecule has 0 atom stereocenters. The van der Waals surface area contributed by atoms with E-state index in [1.807, 2.05) is 35.2 Å². The summed E-state index contributed by atoms with van der Waals surface area (Å²) in [7, 11) is 0. The number of nitro groups is 1. The summed E-state index contributed by atoms with van der Waals surface area (Å²) < 4.78 is 0. The molecule has 0 N–H and O–H groups in total. The molecule has 128 valence electrons. The van der Waals surface area contributed by atoms with Crippen LogP contribution in [-0.4, -0.2) is 27.9 Å². The van der Waals surface area contributed by atoms with Gasteiger partial charge in [-0.1, -0.05) is 60.7 Å². The highest BCUT2D eigenvalue weighted by Gasteiger charge is 2.33. The van der Waals surface area contributed by atoms with Crippen LogP contribution in [0.2, 0.25) is 0 Å². The van der Waals surface area contributed by atoms with Crippen molar-refractivity contribution in [2.24, 2.45) is 0 Å². The zero-order chi connectivity index (χ0) is 17.6. The molecule has 1 saturated heterocycles. The molecule has 5 nitrogen and oxygen atoms in total. The monoisotopic (exact) mass is 354 g/mol. The Labute approximate surface area is 150 Å². The maximum atomic E-state index is 12.7. The van der Waals surface area contributed by atoms with Crippen molar-refractivity contribution in [1.82, 2.24) is 4.90 Å². The Morgan fingerprint density at radius 1 is 1.08 bits per heavy atom. The predicted octanol–water partition coefficient (Wildman–Crippen LogP) is 3.95. The van der Waals surface area contributed by atoms with Crippen LogP contribution < -0.4 is 0 Å². The van der Waals surface area contributed by atoms with Gasteiger partial charge < -0.3 is 4.90 Å². The molecule has 1 fully saturated rings. The smallest absolute Gasteiger partial charge is 0.346 e. The predicted molar refractivity (Wildman–Crippen MR) is 98.7 cm³/mol. The first-order chi connectivity index (χ1) is 12.2. The second kappa shape index (κ2) is 7.98. The van der Waals surface area contributed by atoms with Gasteiger partial charge in [0.1, 0.15) is 0 Å². The van der Waals surface area contributed by atoms with Crippen LogP contribution in [0.1, 0.15) is 22.3 Å². The van der Waals surface area contributed by atoms with Gasteiger partial charge >= 0.3 is 5.70 Å². The maximum Gasteiger partial charge on any atom is 0.346 e. The van der Waals surface area contributed by atoms with E-state index in [4.69, 9.17) is 0 Å². The molecule has 0 saturated carbocycles. The Hall–Kier alpha value is -2.60. The molecule has 0 bridgehead atoms. The van der Waals surface area contributed by atoms with Crippen molar-refractivity contribution in [3.63, 3.8) is 0 Å². The molecular formula is C19H18N2O3S. The van der Waals surface area contributed by atoms with Crippen molar-refractivity contribution in [2.45, 2.75) is 13.0 Å². The van der Waals surface area contributed by atoms with Gasteiger partial charge in [0.15, 0.2) is 5.03 Å². The van der Waals surface area contributed by atoms with Gasteiger partial charge in [-0.05, 0) is 12.0 Å². The summed E-state index contributed by atoms with van der Waals surface area (Å²) in [5.74, 6) is 0.244. The van der Waals surface area contributed by atoms with Crippen LogP contribution in [-0.2, 0) is 6.54 Å². The molecule has 1 aliphatic rings. The minimum Gasteiger partial charge on any atom is -0.356 e. The minimum absolute atomic E-state index is 0.327. The lowest BCUT2D eigenvalue weighted by atomic mass is 10.1. The summed E-state index contributed by atoms with van der Waals surface area (Å²) in [5, 5.41) is 12.2. The number of ketones is 1. The third-order valence-corrected chi connectivity index (χ3v) is 5.17. The Morgan fingerprint density at radius 2 is 1.72 bits per heavy atom. The number of thioether (sulfide) groups is 1. The first-order valence-corrected chi connectivity index (χ1v) is 9.05. The average molecular weight is 354 g/mol. The van der Waals surface area contributed by atoms with Gasteiger partial charge in [-0.3, -0.25) is 14.9 Å². The van der Waals surface area contributed by atoms with E-state index in [0.717, 1.165) is 17.7 Å². The summed E-state index contributed by atoms with van der Waals surface area (Å²) in [4.78, 5) is 25.8. The molecule has 6 heteroatoms. The summed E-state index contributed by atoms with van der Waals surface area (Å²) in [6, 6.07) is 18.2. The van der Waals surface area contributed by atoms with Gasteiger partial charge in [0.25, 0.3) is 5.78 Å². The molecule has 0 unspecified atom stereocenters. The van der Waals surface area contributed by atoms with Crippen molar-refractivity contribution >= 4 is 17.5 Å². The molecule has 1 heterocycles. The number of hydrogen-bond acceptors (Lipinski definition) is 5. The Bertz CT molecular complexity index is 791. The number of benzene rings is 2. The number of allylic oxidation sites excluding steroid dienone is 1. The normalized spacial score (nSPS) is 16.4. The van der Waals surface area contributed by atoms with E-state index in [-0.39, 0.29) is 5.70 Å². The molecule has 0 aromatic heterocycles. The van der Waals surface area contributed by atoms with Crippen molar-refractivity contribution in [3.05, 3.63) is 92.6 Å². The molecule has 2 aromatic carbocycles. The number of hydrogen-bond donors (Lipinski definition) is 0. The number of carbonyl (C=O) groups is 1. The van der Waals surface area contributed by atoms with Crippen LogP contribution in [0.3, 0.4) is 0 Å². The molecule has 2 aromatic rings. The number of carbonyl (C=O) groups excluding carboxylic acids is 1. The van der Waals surface area contributed by atoms with E-state index in [0.29, 0.717) is 23.7 Å². The summed E-state index contributed by atoms with van der Waals surface area (Å²) in [6.45, 7) is 1.26. The van der Waals surface area contributed by atoms with Crippen LogP contribution in [0.15, 0.2) is 71.4 Å². The third kappa shape index (κ3) is 4.09. The molecule has 1 aliphatic heterocycles. The standard InChI is InChI=1S/C19H18N2O3S/c22-18(16-10-5-2-6-11-16)17(21(23)24)19-20(12-7-13-25-19)14-15-8-3-1-4-9-15/h1-6,8-11H,7,12-14H2/b19-17+. The van der Waals surface area contributed by atoms with Crippen LogP contribution in [0.25, 0.3) is 0 Å². The largest absolute Gasteiger partial charge is 0.356 e. The molecule has 0 spiro atoms. The average Bonchev–Trinajstić information content (AvgIpc) is 2.64. The second-order valence-corrected chi connectivity index (χ2v) is 6.80. The summed E-state index contributed by atoms with van der Waals surface area (Å²) >= 11 is 1.39. The third-order valence-electron chi connectivity index (χ3n) is 3.95. The molecule has 0 amide bonds. The highest BCUT2D eigenvalue weighted by Crippen LogP contribution is 2.32. The van der Waals surface area contributed by atoms with E-state index >= 15 is 0 Å². The van der Waals surface area contributed by atoms with Gasteiger partial charge in [0.05, 0.1) is 4.92 Å². The fourth-order valence-corrected chi connectivity index (χ4v) is 3.88. The van der Waals surface area contributed by atoms with E-state index in [2.05, 4.69) is 0 Å². The highest BCUT2D eigenvalue weighted by molar-refractivity contribution is 8.03. The van der Waals surface area contributed by atoms with Gasteiger partial charge in [-0.2, -0.15) is 0 Å². The summed E-state index contributed by atoms with van der Waals surface area (Å²) in [5.41, 5.74) is 1.08. The highest BCUT2D eigenvalue weighted by atomic mass is 32.2. The maximum absolute atomic E-state index is 12.7. The van der Waals surface area contributed by atoms with Crippen LogP contribution in [0, 0.1) is 10.1 Å².